The molecule has 0 atom stereocenters. The lowest BCUT2D eigenvalue weighted by atomic mass is 10.2. The van der Waals surface area contributed by atoms with Gasteiger partial charge in [-0.2, -0.15) is 5.10 Å². The Bertz CT molecular complexity index is 824. The smallest absolute Gasteiger partial charge is 0.347 e. The van der Waals surface area contributed by atoms with Crippen LogP contribution in [0, 0.1) is 6.92 Å². The fourth-order valence-corrected chi connectivity index (χ4v) is 3.04. The molecule has 0 amide bonds. The van der Waals surface area contributed by atoms with Gasteiger partial charge < -0.3 is 5.11 Å². The number of rotatable bonds is 4. The van der Waals surface area contributed by atoms with Crippen LogP contribution < -0.4 is 0 Å². The summed E-state index contributed by atoms with van der Waals surface area (Å²) in [6.07, 6.45) is 1.85. The van der Waals surface area contributed by atoms with Crippen molar-refractivity contribution < 1.29 is 9.90 Å². The van der Waals surface area contributed by atoms with Gasteiger partial charge in [0.2, 0.25) is 0 Å². The zero-order valence-corrected chi connectivity index (χ0v) is 13.2. The maximum absolute atomic E-state index is 11.1. The molecule has 3 aromatic rings. The van der Waals surface area contributed by atoms with Crippen molar-refractivity contribution in [3.8, 4) is 10.7 Å². The molecule has 112 valence electrons. The molecule has 7 heteroatoms. The Morgan fingerprint density at radius 1 is 1.32 bits per heavy atom. The van der Waals surface area contributed by atoms with Crippen LogP contribution in [0.2, 0.25) is 5.02 Å². The number of carbonyl (C=O) groups is 1. The Hall–Kier alpha value is -2.18. The molecule has 0 saturated heterocycles. The maximum atomic E-state index is 11.1. The highest BCUT2D eigenvalue weighted by molar-refractivity contribution is 7.17. The minimum atomic E-state index is -0.957. The molecular formula is C15H12ClN3O2S. The predicted molar refractivity (Wildman–Crippen MR) is 85.6 cm³/mol. The molecule has 0 bridgehead atoms. The summed E-state index contributed by atoms with van der Waals surface area (Å²) in [6, 6.07) is 9.40. The predicted octanol–water partition coefficient (Wildman–Crippen LogP) is 3.71. The van der Waals surface area contributed by atoms with E-state index >= 15 is 0 Å². The number of benzene rings is 1. The number of hydrogen-bond acceptors (Lipinski definition) is 4. The molecule has 2 aromatic heterocycles. The molecule has 0 spiro atoms. The van der Waals surface area contributed by atoms with Gasteiger partial charge in [0.15, 0.2) is 0 Å². The molecule has 22 heavy (non-hydrogen) atoms. The first-order valence-corrected chi connectivity index (χ1v) is 7.71. The normalized spacial score (nSPS) is 10.8. The summed E-state index contributed by atoms with van der Waals surface area (Å²) in [6.45, 7) is 2.31. The van der Waals surface area contributed by atoms with E-state index in [0.717, 1.165) is 16.9 Å². The van der Waals surface area contributed by atoms with Crippen molar-refractivity contribution in [3.63, 3.8) is 0 Å². The summed E-state index contributed by atoms with van der Waals surface area (Å²) in [4.78, 5) is 15.6. The average Bonchev–Trinajstić information content (AvgIpc) is 3.08. The van der Waals surface area contributed by atoms with Crippen molar-refractivity contribution in [1.82, 2.24) is 14.8 Å². The van der Waals surface area contributed by atoms with E-state index in [1.54, 1.807) is 11.6 Å². The molecule has 1 aromatic carbocycles. The molecule has 0 aliphatic carbocycles. The third-order valence-corrected chi connectivity index (χ3v) is 4.53. The van der Waals surface area contributed by atoms with Gasteiger partial charge in [-0.1, -0.05) is 23.7 Å². The molecule has 0 aliphatic rings. The van der Waals surface area contributed by atoms with Crippen LogP contribution in [0.3, 0.4) is 0 Å². The van der Waals surface area contributed by atoms with Crippen LogP contribution in [-0.4, -0.2) is 25.8 Å². The van der Waals surface area contributed by atoms with Gasteiger partial charge in [-0.25, -0.2) is 9.78 Å². The fraction of sp³-hybridized carbons (Fsp3) is 0.133. The quantitative estimate of drug-likeness (QED) is 0.790. The van der Waals surface area contributed by atoms with Gasteiger partial charge >= 0.3 is 5.97 Å². The van der Waals surface area contributed by atoms with Gasteiger partial charge in [0.1, 0.15) is 15.6 Å². The number of hydrogen-bond donors (Lipinski definition) is 1. The van der Waals surface area contributed by atoms with Gasteiger partial charge in [-0.3, -0.25) is 4.68 Å². The van der Waals surface area contributed by atoms with E-state index in [1.165, 1.54) is 0 Å². The molecule has 0 unspecified atom stereocenters. The standard InChI is InChI=1S/C15H12ClN3O2S/c1-9-13(15(20)21)22-14(17-9)12-6-7-19(18-12)8-10-2-4-11(16)5-3-10/h2-7H,8H2,1H3,(H,20,21). The summed E-state index contributed by atoms with van der Waals surface area (Å²) in [5.74, 6) is -0.957. The number of aryl methyl sites for hydroxylation is 1. The highest BCUT2D eigenvalue weighted by atomic mass is 35.5. The monoisotopic (exact) mass is 333 g/mol. The van der Waals surface area contributed by atoms with E-state index in [2.05, 4.69) is 10.1 Å². The first-order chi connectivity index (χ1) is 10.5. The molecule has 0 aliphatic heterocycles. The number of nitrogens with zero attached hydrogens (tertiary/aromatic N) is 3. The van der Waals surface area contributed by atoms with E-state index in [0.29, 0.717) is 28.0 Å². The van der Waals surface area contributed by atoms with Gasteiger partial charge in [0, 0.05) is 11.2 Å². The molecule has 5 nitrogen and oxygen atoms in total. The lowest BCUT2D eigenvalue weighted by molar-refractivity contribution is 0.0701. The van der Waals surface area contributed by atoms with Gasteiger partial charge in [0.05, 0.1) is 12.2 Å². The van der Waals surface area contributed by atoms with E-state index < -0.39 is 5.97 Å². The zero-order valence-electron chi connectivity index (χ0n) is 11.7. The Kier molecular flexibility index (Phi) is 3.96. The minimum absolute atomic E-state index is 0.252. The summed E-state index contributed by atoms with van der Waals surface area (Å²) in [7, 11) is 0. The SMILES string of the molecule is Cc1nc(-c2ccn(Cc3ccc(Cl)cc3)n2)sc1C(=O)O. The van der Waals surface area contributed by atoms with Gasteiger partial charge in [0.25, 0.3) is 0 Å². The number of aromatic carboxylic acids is 1. The third-order valence-electron chi connectivity index (χ3n) is 3.11. The van der Waals surface area contributed by atoms with E-state index in [1.807, 2.05) is 36.5 Å². The number of carboxylic acids is 1. The Labute approximate surface area is 135 Å². The second-order valence-electron chi connectivity index (χ2n) is 4.76. The maximum Gasteiger partial charge on any atom is 0.347 e. The van der Waals surface area contributed by atoms with E-state index in [-0.39, 0.29) is 4.88 Å². The number of thiazole rings is 1. The summed E-state index contributed by atoms with van der Waals surface area (Å²) in [5, 5.41) is 14.8. The van der Waals surface area contributed by atoms with Crippen molar-refractivity contribution in [1.29, 1.82) is 0 Å². The van der Waals surface area contributed by atoms with Crippen LogP contribution in [0.15, 0.2) is 36.5 Å². The second-order valence-corrected chi connectivity index (χ2v) is 6.20. The van der Waals surface area contributed by atoms with Crippen LogP contribution in [0.5, 0.6) is 0 Å². The Balaban J connectivity index is 1.83. The molecule has 3 rings (SSSR count). The van der Waals surface area contributed by atoms with Crippen molar-refractivity contribution in [3.05, 3.63) is 57.7 Å². The second kappa shape index (κ2) is 5.90. The summed E-state index contributed by atoms with van der Waals surface area (Å²) in [5.41, 5.74) is 2.27. The van der Waals surface area contributed by atoms with Crippen molar-refractivity contribution in [2.24, 2.45) is 0 Å². The van der Waals surface area contributed by atoms with Crippen molar-refractivity contribution in [2.75, 3.05) is 0 Å². The Morgan fingerprint density at radius 2 is 2.05 bits per heavy atom. The van der Waals surface area contributed by atoms with Gasteiger partial charge in [-0.05, 0) is 30.7 Å². The van der Waals surface area contributed by atoms with Crippen LogP contribution in [0.25, 0.3) is 10.7 Å². The molecule has 0 radical (unpaired) electrons. The van der Waals surface area contributed by atoms with Crippen molar-refractivity contribution >= 4 is 28.9 Å². The van der Waals surface area contributed by atoms with Crippen molar-refractivity contribution in [2.45, 2.75) is 13.5 Å². The van der Waals surface area contributed by atoms with Gasteiger partial charge in [-0.15, -0.1) is 11.3 Å². The van der Waals surface area contributed by atoms with E-state index in [9.17, 15) is 4.79 Å². The summed E-state index contributed by atoms with van der Waals surface area (Å²) < 4.78 is 1.79. The Morgan fingerprint density at radius 3 is 2.68 bits per heavy atom. The minimum Gasteiger partial charge on any atom is -0.477 e. The highest BCUT2D eigenvalue weighted by Crippen LogP contribution is 2.26. The molecule has 0 fully saturated rings. The number of aromatic nitrogens is 3. The number of halogens is 1. The first kappa shape index (κ1) is 14.7. The van der Waals surface area contributed by atoms with Crippen LogP contribution in [0.1, 0.15) is 20.9 Å². The van der Waals surface area contributed by atoms with Crippen LogP contribution in [-0.2, 0) is 6.54 Å². The summed E-state index contributed by atoms with van der Waals surface area (Å²) >= 11 is 7.00. The average molecular weight is 334 g/mol. The zero-order chi connectivity index (χ0) is 15.7. The fourth-order valence-electron chi connectivity index (χ4n) is 2.05. The topological polar surface area (TPSA) is 68.0 Å². The largest absolute Gasteiger partial charge is 0.477 e. The van der Waals surface area contributed by atoms with E-state index in [4.69, 9.17) is 16.7 Å². The lowest BCUT2D eigenvalue weighted by Gasteiger charge is -2.01. The highest BCUT2D eigenvalue weighted by Gasteiger charge is 2.16. The molecule has 2 heterocycles. The molecular weight excluding hydrogens is 322 g/mol. The molecule has 0 saturated carbocycles. The number of carboxylic acid groups (broad SMARTS) is 1. The van der Waals surface area contributed by atoms with Crippen LogP contribution >= 0.6 is 22.9 Å². The molecule has 1 N–H and O–H groups in total. The first-order valence-electron chi connectivity index (χ1n) is 6.52. The van der Waals surface area contributed by atoms with Crippen LogP contribution in [0.4, 0.5) is 0 Å². The lowest BCUT2D eigenvalue weighted by Crippen LogP contribution is -2.00. The third kappa shape index (κ3) is 3.03.